The Hall–Kier alpha value is -1.78. The fraction of sp³-hybridized carbons (Fsp3) is 0.300. The quantitative estimate of drug-likeness (QED) is 0.811. The van der Waals surface area contributed by atoms with Crippen molar-refractivity contribution in [2.75, 3.05) is 20.4 Å². The zero-order valence-electron chi connectivity index (χ0n) is 8.20. The highest BCUT2D eigenvalue weighted by Gasteiger charge is 2.12. The number of carbonyl (C=O) groups is 1. The third kappa shape index (κ3) is 2.83. The second-order valence-electron chi connectivity index (χ2n) is 2.70. The van der Waals surface area contributed by atoms with Crippen molar-refractivity contribution in [2.45, 2.75) is 0 Å². The van der Waals surface area contributed by atoms with E-state index in [-0.39, 0.29) is 17.9 Å². The average molecular weight is 214 g/mol. The molecule has 5 heteroatoms. The van der Waals surface area contributed by atoms with E-state index in [1.807, 2.05) is 0 Å². The molecular weight excluding hydrogens is 203 g/mol. The molecule has 0 saturated carbocycles. The molecular formula is C10H11FO4. The van der Waals surface area contributed by atoms with Gasteiger partial charge < -0.3 is 14.6 Å². The highest BCUT2D eigenvalue weighted by atomic mass is 19.1. The molecule has 0 spiro atoms. The predicted molar refractivity (Wildman–Crippen MR) is 51.4 cm³/mol. The first-order valence-corrected chi connectivity index (χ1v) is 4.29. The Labute approximate surface area is 86.2 Å². The Morgan fingerprint density at radius 2 is 2.27 bits per heavy atom. The van der Waals surface area contributed by atoms with Crippen molar-refractivity contribution in [3.8, 4) is 11.5 Å². The summed E-state index contributed by atoms with van der Waals surface area (Å²) in [6.45, 7) is -0.844. The van der Waals surface area contributed by atoms with E-state index >= 15 is 0 Å². The van der Waals surface area contributed by atoms with E-state index in [1.165, 1.54) is 25.3 Å². The van der Waals surface area contributed by atoms with Crippen LogP contribution in [0.5, 0.6) is 11.5 Å². The van der Waals surface area contributed by atoms with Crippen LogP contribution >= 0.6 is 0 Å². The number of methoxy groups -OCH3 is 1. The van der Waals surface area contributed by atoms with Gasteiger partial charge in [0.1, 0.15) is 30.3 Å². The topological polar surface area (TPSA) is 55.8 Å². The van der Waals surface area contributed by atoms with E-state index in [2.05, 4.69) is 0 Å². The standard InChI is InChI=1S/C10H11FO4/c1-14-7-2-3-8(10(12)13)9(6-7)15-5-4-11/h2-3,6H,4-5H2,1H3,(H,12,13). The van der Waals surface area contributed by atoms with Gasteiger partial charge >= 0.3 is 5.97 Å². The fourth-order valence-electron chi connectivity index (χ4n) is 1.07. The van der Waals surface area contributed by atoms with Crippen molar-refractivity contribution in [1.82, 2.24) is 0 Å². The molecule has 82 valence electrons. The second kappa shape index (κ2) is 5.19. The van der Waals surface area contributed by atoms with E-state index in [9.17, 15) is 9.18 Å². The Balaban J connectivity index is 2.99. The van der Waals surface area contributed by atoms with Crippen LogP contribution < -0.4 is 9.47 Å². The van der Waals surface area contributed by atoms with E-state index in [0.717, 1.165) is 0 Å². The lowest BCUT2D eigenvalue weighted by Crippen LogP contribution is -2.05. The molecule has 15 heavy (non-hydrogen) atoms. The third-order valence-corrected chi connectivity index (χ3v) is 1.75. The first kappa shape index (κ1) is 11.3. The molecule has 0 radical (unpaired) electrons. The van der Waals surface area contributed by atoms with E-state index in [4.69, 9.17) is 14.6 Å². The molecule has 0 aliphatic carbocycles. The van der Waals surface area contributed by atoms with Crippen LogP contribution in [0.1, 0.15) is 10.4 Å². The maximum atomic E-state index is 11.9. The predicted octanol–water partition coefficient (Wildman–Crippen LogP) is 1.74. The first-order chi connectivity index (χ1) is 7.19. The van der Waals surface area contributed by atoms with Gasteiger partial charge in [0, 0.05) is 6.07 Å². The number of ether oxygens (including phenoxy) is 2. The van der Waals surface area contributed by atoms with Crippen LogP contribution in [0.4, 0.5) is 4.39 Å². The molecule has 1 aromatic rings. The molecule has 1 N–H and O–H groups in total. The van der Waals surface area contributed by atoms with Gasteiger partial charge in [-0.2, -0.15) is 0 Å². The highest BCUT2D eigenvalue weighted by Crippen LogP contribution is 2.24. The van der Waals surface area contributed by atoms with Crippen LogP contribution in [0, 0.1) is 0 Å². The summed E-state index contributed by atoms with van der Waals surface area (Å²) < 4.78 is 21.7. The number of aromatic carboxylic acids is 1. The summed E-state index contributed by atoms with van der Waals surface area (Å²) in [5.41, 5.74) is -0.00995. The lowest BCUT2D eigenvalue weighted by atomic mass is 10.2. The van der Waals surface area contributed by atoms with Gasteiger partial charge in [0.2, 0.25) is 0 Å². The highest BCUT2D eigenvalue weighted by molar-refractivity contribution is 5.91. The van der Waals surface area contributed by atoms with Crippen molar-refractivity contribution in [3.63, 3.8) is 0 Å². The number of rotatable bonds is 5. The number of hydrogen-bond acceptors (Lipinski definition) is 3. The van der Waals surface area contributed by atoms with Gasteiger partial charge in [-0.1, -0.05) is 0 Å². The van der Waals surface area contributed by atoms with E-state index in [0.29, 0.717) is 5.75 Å². The van der Waals surface area contributed by atoms with E-state index < -0.39 is 12.6 Å². The molecule has 0 amide bonds. The Morgan fingerprint density at radius 1 is 1.53 bits per heavy atom. The largest absolute Gasteiger partial charge is 0.497 e. The van der Waals surface area contributed by atoms with Gasteiger partial charge in [0.15, 0.2) is 0 Å². The third-order valence-electron chi connectivity index (χ3n) is 1.75. The molecule has 0 fully saturated rings. The molecule has 0 aromatic heterocycles. The molecule has 0 atom stereocenters. The van der Waals surface area contributed by atoms with Gasteiger partial charge in [0.25, 0.3) is 0 Å². The molecule has 4 nitrogen and oxygen atoms in total. The SMILES string of the molecule is COc1ccc(C(=O)O)c(OCCF)c1. The maximum absolute atomic E-state index is 11.9. The van der Waals surface area contributed by atoms with Crippen LogP contribution in [0.3, 0.4) is 0 Å². The molecule has 1 rings (SSSR count). The summed E-state index contributed by atoms with van der Waals surface area (Å²) in [6.07, 6.45) is 0. The van der Waals surface area contributed by atoms with Gasteiger partial charge in [0.05, 0.1) is 7.11 Å². The van der Waals surface area contributed by atoms with Crippen molar-refractivity contribution in [2.24, 2.45) is 0 Å². The van der Waals surface area contributed by atoms with Gasteiger partial charge in [-0.25, -0.2) is 9.18 Å². The lowest BCUT2D eigenvalue weighted by molar-refractivity contribution is 0.0691. The van der Waals surface area contributed by atoms with Crippen molar-refractivity contribution in [3.05, 3.63) is 23.8 Å². The average Bonchev–Trinajstić information content (AvgIpc) is 2.25. The minimum absolute atomic E-state index is 0.00995. The number of benzene rings is 1. The van der Waals surface area contributed by atoms with Crippen LogP contribution in [0.25, 0.3) is 0 Å². The van der Waals surface area contributed by atoms with E-state index in [1.54, 1.807) is 0 Å². The smallest absolute Gasteiger partial charge is 0.339 e. The molecule has 0 aliphatic heterocycles. The second-order valence-corrected chi connectivity index (χ2v) is 2.70. The Morgan fingerprint density at radius 3 is 2.80 bits per heavy atom. The summed E-state index contributed by atoms with van der Waals surface area (Å²) in [7, 11) is 1.45. The molecule has 1 aromatic carbocycles. The minimum Gasteiger partial charge on any atom is -0.497 e. The summed E-state index contributed by atoms with van der Waals surface area (Å²) in [5, 5.41) is 8.81. The van der Waals surface area contributed by atoms with Crippen LogP contribution in [0.2, 0.25) is 0 Å². The zero-order valence-corrected chi connectivity index (χ0v) is 8.20. The lowest BCUT2D eigenvalue weighted by Gasteiger charge is -2.09. The molecule has 0 saturated heterocycles. The molecule has 0 heterocycles. The van der Waals surface area contributed by atoms with Crippen molar-refractivity contribution in [1.29, 1.82) is 0 Å². The number of carboxylic acid groups (broad SMARTS) is 1. The number of carboxylic acids is 1. The van der Waals surface area contributed by atoms with Gasteiger partial charge in [-0.15, -0.1) is 0 Å². The zero-order chi connectivity index (χ0) is 11.3. The molecule has 0 bridgehead atoms. The fourth-order valence-corrected chi connectivity index (χ4v) is 1.07. The number of hydrogen-bond donors (Lipinski definition) is 1. The van der Waals surface area contributed by atoms with Gasteiger partial charge in [-0.05, 0) is 12.1 Å². The Bertz CT molecular complexity index is 351. The molecule has 0 aliphatic rings. The van der Waals surface area contributed by atoms with Crippen molar-refractivity contribution >= 4 is 5.97 Å². The minimum atomic E-state index is -1.12. The summed E-state index contributed by atoms with van der Waals surface area (Å²) >= 11 is 0. The van der Waals surface area contributed by atoms with Crippen LogP contribution in [0.15, 0.2) is 18.2 Å². The molecule has 0 unspecified atom stereocenters. The monoisotopic (exact) mass is 214 g/mol. The van der Waals surface area contributed by atoms with Crippen LogP contribution in [-0.4, -0.2) is 31.5 Å². The summed E-state index contributed by atoms with van der Waals surface area (Å²) in [6, 6.07) is 4.28. The maximum Gasteiger partial charge on any atom is 0.339 e. The Kier molecular flexibility index (Phi) is 3.91. The summed E-state index contributed by atoms with van der Waals surface area (Å²) in [5.74, 6) is -0.542. The normalized spacial score (nSPS) is 9.73. The first-order valence-electron chi connectivity index (χ1n) is 4.29. The number of alkyl halides is 1. The van der Waals surface area contributed by atoms with Crippen molar-refractivity contribution < 1.29 is 23.8 Å². The number of halogens is 1. The van der Waals surface area contributed by atoms with Crippen LogP contribution in [-0.2, 0) is 0 Å². The summed E-state index contributed by atoms with van der Waals surface area (Å²) in [4.78, 5) is 10.8. The van der Waals surface area contributed by atoms with Gasteiger partial charge in [-0.3, -0.25) is 0 Å².